The van der Waals surface area contributed by atoms with Gasteiger partial charge in [0.1, 0.15) is 0 Å². The topological polar surface area (TPSA) is 3.24 Å². The zero-order valence-corrected chi connectivity index (χ0v) is 11.6. The van der Waals surface area contributed by atoms with Gasteiger partial charge in [0.15, 0.2) is 0 Å². The number of alkyl halides is 1. The summed E-state index contributed by atoms with van der Waals surface area (Å²) >= 11 is 3.58. The highest BCUT2D eigenvalue weighted by Crippen LogP contribution is 2.06. The maximum atomic E-state index is 3.58. The summed E-state index contributed by atoms with van der Waals surface area (Å²) in [4.78, 5) is 3.03. The largest absolute Gasteiger partial charge is 0.305 e. The van der Waals surface area contributed by atoms with Crippen molar-refractivity contribution in [2.24, 2.45) is 0 Å². The summed E-state index contributed by atoms with van der Waals surface area (Å²) in [5.74, 6) is 0. The molecule has 0 saturated carbocycles. The summed E-state index contributed by atoms with van der Waals surface area (Å²) in [6.45, 7) is 6.89. The van der Waals surface area contributed by atoms with Crippen LogP contribution in [0, 0.1) is 0 Å². The number of nitrogens with zero attached hydrogens (tertiary/aromatic N) is 1. The van der Waals surface area contributed by atoms with Crippen LogP contribution in [-0.2, 0) is 0 Å². The first-order valence-corrected chi connectivity index (χ1v) is 6.91. The van der Waals surface area contributed by atoms with Gasteiger partial charge in [-0.25, -0.2) is 0 Å². The van der Waals surface area contributed by atoms with Crippen molar-refractivity contribution in [2.75, 3.05) is 20.1 Å². The maximum Gasteiger partial charge on any atom is 0.0244 e. The van der Waals surface area contributed by atoms with Crippen molar-refractivity contribution >= 4 is 15.9 Å². The van der Waals surface area contributed by atoms with E-state index in [-0.39, 0.29) is 0 Å². The van der Waals surface area contributed by atoms with E-state index in [2.05, 4.69) is 41.7 Å². The monoisotopic (exact) mass is 263 g/mol. The average Bonchev–Trinajstić information content (AvgIpc) is 2.10. The van der Waals surface area contributed by atoms with Gasteiger partial charge in [-0.05, 0) is 20.0 Å². The Labute approximate surface area is 98.4 Å². The van der Waals surface area contributed by atoms with Crippen LogP contribution in [0.2, 0.25) is 0 Å². The highest BCUT2D eigenvalue weighted by molar-refractivity contribution is 9.09. The standard InChI is InChI=1S/C12H26BrN/c1-4-5-6-7-8-9-10-14(3)11-12(2)13/h12H,4-11H2,1-3H3. The Morgan fingerprint density at radius 1 is 1.07 bits per heavy atom. The zero-order valence-electron chi connectivity index (χ0n) is 10.1. The van der Waals surface area contributed by atoms with E-state index in [1.807, 2.05) is 0 Å². The fraction of sp³-hybridized carbons (Fsp3) is 1.00. The van der Waals surface area contributed by atoms with Gasteiger partial charge in [-0.3, -0.25) is 0 Å². The molecule has 14 heavy (non-hydrogen) atoms. The van der Waals surface area contributed by atoms with Gasteiger partial charge in [0.2, 0.25) is 0 Å². The number of halogens is 1. The predicted octanol–water partition coefficient (Wildman–Crippen LogP) is 4.06. The Bertz CT molecular complexity index is 115. The molecule has 0 aromatic carbocycles. The molecular formula is C12H26BrN. The van der Waals surface area contributed by atoms with Crippen molar-refractivity contribution in [3.05, 3.63) is 0 Å². The van der Waals surface area contributed by atoms with E-state index in [1.54, 1.807) is 0 Å². The molecule has 0 aliphatic rings. The molecule has 0 radical (unpaired) electrons. The molecule has 0 saturated heterocycles. The Balaban J connectivity index is 3.10. The van der Waals surface area contributed by atoms with Crippen LogP contribution in [0.25, 0.3) is 0 Å². The van der Waals surface area contributed by atoms with Gasteiger partial charge in [0.25, 0.3) is 0 Å². The molecule has 0 rings (SSSR count). The quantitative estimate of drug-likeness (QED) is 0.448. The third-order valence-electron chi connectivity index (χ3n) is 2.46. The molecule has 86 valence electrons. The van der Waals surface area contributed by atoms with Gasteiger partial charge in [-0.15, -0.1) is 0 Å². The van der Waals surface area contributed by atoms with E-state index >= 15 is 0 Å². The van der Waals surface area contributed by atoms with Crippen LogP contribution < -0.4 is 0 Å². The van der Waals surface area contributed by atoms with Crippen LogP contribution in [0.3, 0.4) is 0 Å². The molecule has 0 aromatic rings. The minimum atomic E-state index is 0.618. The van der Waals surface area contributed by atoms with Crippen molar-refractivity contribution in [1.82, 2.24) is 4.90 Å². The fourth-order valence-electron chi connectivity index (χ4n) is 1.68. The molecule has 1 nitrogen and oxygen atoms in total. The lowest BCUT2D eigenvalue weighted by atomic mass is 10.1. The lowest BCUT2D eigenvalue weighted by Crippen LogP contribution is -2.25. The third kappa shape index (κ3) is 10.5. The van der Waals surface area contributed by atoms with E-state index in [9.17, 15) is 0 Å². The zero-order chi connectivity index (χ0) is 10.8. The van der Waals surface area contributed by atoms with Gasteiger partial charge < -0.3 is 4.90 Å². The van der Waals surface area contributed by atoms with Gasteiger partial charge in [-0.1, -0.05) is 61.9 Å². The summed E-state index contributed by atoms with van der Waals surface area (Å²) in [5, 5.41) is 0. The lowest BCUT2D eigenvalue weighted by Gasteiger charge is -2.17. The maximum absolute atomic E-state index is 3.58. The molecule has 0 aliphatic carbocycles. The molecule has 0 aromatic heterocycles. The lowest BCUT2D eigenvalue weighted by molar-refractivity contribution is 0.329. The Morgan fingerprint density at radius 3 is 2.21 bits per heavy atom. The Kier molecular flexibility index (Phi) is 10.3. The minimum absolute atomic E-state index is 0.618. The van der Waals surface area contributed by atoms with Crippen LogP contribution in [0.5, 0.6) is 0 Å². The normalized spacial score (nSPS) is 13.5. The molecule has 0 bridgehead atoms. The molecule has 0 amide bonds. The van der Waals surface area contributed by atoms with Gasteiger partial charge in [0, 0.05) is 11.4 Å². The van der Waals surface area contributed by atoms with Crippen LogP contribution in [0.4, 0.5) is 0 Å². The number of hydrogen-bond donors (Lipinski definition) is 0. The Morgan fingerprint density at radius 2 is 1.64 bits per heavy atom. The molecular weight excluding hydrogens is 238 g/mol. The molecule has 0 N–H and O–H groups in total. The van der Waals surface area contributed by atoms with E-state index in [0.29, 0.717) is 4.83 Å². The second kappa shape index (κ2) is 9.97. The van der Waals surface area contributed by atoms with E-state index in [0.717, 1.165) is 6.54 Å². The molecule has 0 heterocycles. The molecule has 1 unspecified atom stereocenters. The summed E-state index contributed by atoms with van der Waals surface area (Å²) in [6.07, 6.45) is 8.37. The first-order chi connectivity index (χ1) is 6.66. The van der Waals surface area contributed by atoms with E-state index < -0.39 is 0 Å². The Hall–Kier alpha value is 0.440. The SMILES string of the molecule is CCCCCCCCN(C)CC(C)Br. The van der Waals surface area contributed by atoms with E-state index in [4.69, 9.17) is 0 Å². The first-order valence-electron chi connectivity index (χ1n) is 5.99. The van der Waals surface area contributed by atoms with Gasteiger partial charge in [-0.2, -0.15) is 0 Å². The molecule has 2 heteroatoms. The number of unbranched alkanes of at least 4 members (excludes halogenated alkanes) is 5. The molecule has 0 spiro atoms. The van der Waals surface area contributed by atoms with Gasteiger partial charge in [0.05, 0.1) is 0 Å². The smallest absolute Gasteiger partial charge is 0.0244 e. The highest BCUT2D eigenvalue weighted by Gasteiger charge is 2.01. The van der Waals surface area contributed by atoms with Gasteiger partial charge >= 0.3 is 0 Å². The van der Waals surface area contributed by atoms with Crippen LogP contribution in [-0.4, -0.2) is 29.9 Å². The second-order valence-corrected chi connectivity index (χ2v) is 5.87. The average molecular weight is 264 g/mol. The molecule has 1 atom stereocenters. The van der Waals surface area contributed by atoms with Crippen LogP contribution >= 0.6 is 15.9 Å². The minimum Gasteiger partial charge on any atom is -0.305 e. The molecule has 0 fully saturated rings. The van der Waals surface area contributed by atoms with Crippen molar-refractivity contribution in [1.29, 1.82) is 0 Å². The van der Waals surface area contributed by atoms with Crippen molar-refractivity contribution in [2.45, 2.75) is 57.2 Å². The van der Waals surface area contributed by atoms with Crippen LogP contribution in [0.15, 0.2) is 0 Å². The summed E-state index contributed by atoms with van der Waals surface area (Å²) in [5.41, 5.74) is 0. The summed E-state index contributed by atoms with van der Waals surface area (Å²) in [6, 6.07) is 0. The fourth-order valence-corrected chi connectivity index (χ4v) is 2.18. The summed E-state index contributed by atoms with van der Waals surface area (Å²) < 4.78 is 0. The first kappa shape index (κ1) is 14.4. The van der Waals surface area contributed by atoms with Crippen molar-refractivity contribution < 1.29 is 0 Å². The van der Waals surface area contributed by atoms with Crippen LogP contribution in [0.1, 0.15) is 52.4 Å². The number of rotatable bonds is 9. The second-order valence-electron chi connectivity index (χ2n) is 4.31. The predicted molar refractivity (Wildman–Crippen MR) is 69.3 cm³/mol. The number of hydrogen-bond acceptors (Lipinski definition) is 1. The van der Waals surface area contributed by atoms with Crippen molar-refractivity contribution in [3.8, 4) is 0 Å². The summed E-state index contributed by atoms with van der Waals surface area (Å²) in [7, 11) is 2.21. The van der Waals surface area contributed by atoms with E-state index in [1.165, 1.54) is 45.1 Å². The van der Waals surface area contributed by atoms with Crippen molar-refractivity contribution in [3.63, 3.8) is 0 Å². The highest BCUT2D eigenvalue weighted by atomic mass is 79.9. The third-order valence-corrected chi connectivity index (χ3v) is 2.75. The molecule has 0 aliphatic heterocycles.